The summed E-state index contributed by atoms with van der Waals surface area (Å²) in [4.78, 5) is 9.75. The van der Waals surface area contributed by atoms with Gasteiger partial charge in [-0.1, -0.05) is 11.6 Å². The second-order valence-electron chi connectivity index (χ2n) is 2.25. The molecule has 5 nitrogen and oxygen atoms in total. The summed E-state index contributed by atoms with van der Waals surface area (Å²) < 4.78 is 0.435. The topological polar surface area (TPSA) is 70.1 Å². The van der Waals surface area contributed by atoms with E-state index in [0.29, 0.717) is 4.73 Å². The summed E-state index contributed by atoms with van der Waals surface area (Å²) in [7, 11) is 0. The molecule has 0 saturated carbocycles. The third-order valence-corrected chi connectivity index (χ3v) is 1.62. The first-order chi connectivity index (χ1) is 5.52. The van der Waals surface area contributed by atoms with E-state index in [0.717, 1.165) is 12.4 Å². The molecule has 0 atom stereocenters. The molecule has 0 spiro atoms. The highest BCUT2D eigenvalue weighted by atomic mass is 35.5. The van der Waals surface area contributed by atoms with Gasteiger partial charge in [-0.25, -0.2) is 0 Å². The highest BCUT2D eigenvalue weighted by molar-refractivity contribution is 6.32. The minimum atomic E-state index is -0.613. The fourth-order valence-electron chi connectivity index (χ4n) is 0.882. The molecular weight excluding hydrogens is 184 g/mol. The van der Waals surface area contributed by atoms with Crippen LogP contribution in [0.25, 0.3) is 0 Å². The van der Waals surface area contributed by atoms with Crippen LogP contribution >= 0.6 is 11.6 Å². The van der Waals surface area contributed by atoms with Crippen LogP contribution in [-0.4, -0.2) is 4.92 Å². The minimum absolute atomic E-state index is 0.144. The first-order valence-electron chi connectivity index (χ1n) is 3.05. The summed E-state index contributed by atoms with van der Waals surface area (Å²) in [6, 6.07) is 0. The lowest BCUT2D eigenvalue weighted by atomic mass is 10.3. The van der Waals surface area contributed by atoms with Crippen molar-refractivity contribution in [3.63, 3.8) is 0 Å². The molecule has 0 N–H and O–H groups in total. The maximum atomic E-state index is 10.7. The summed E-state index contributed by atoms with van der Waals surface area (Å²) in [6.45, 7) is 1.46. The van der Waals surface area contributed by atoms with Gasteiger partial charge in [-0.2, -0.15) is 4.73 Å². The van der Waals surface area contributed by atoms with Crippen LogP contribution in [0.2, 0.25) is 5.02 Å². The van der Waals surface area contributed by atoms with E-state index in [2.05, 4.69) is 0 Å². The molecule has 0 fully saturated rings. The van der Waals surface area contributed by atoms with Crippen LogP contribution < -0.4 is 4.73 Å². The van der Waals surface area contributed by atoms with Crippen LogP contribution in [0.15, 0.2) is 12.4 Å². The number of hydrogen-bond acceptors (Lipinski definition) is 3. The first kappa shape index (κ1) is 8.73. The van der Waals surface area contributed by atoms with E-state index >= 15 is 0 Å². The second-order valence-corrected chi connectivity index (χ2v) is 2.66. The number of nitro groups is 1. The number of aryl methyl sites for hydroxylation is 1. The van der Waals surface area contributed by atoms with E-state index in [1.807, 2.05) is 0 Å². The van der Waals surface area contributed by atoms with Gasteiger partial charge in [0.2, 0.25) is 6.20 Å². The van der Waals surface area contributed by atoms with Crippen molar-refractivity contribution in [2.45, 2.75) is 6.92 Å². The SMILES string of the molecule is Cc1c[n+]([O-])cc(Cl)c1[N+](=O)[O-]. The van der Waals surface area contributed by atoms with Crippen molar-refractivity contribution in [2.24, 2.45) is 0 Å². The molecule has 12 heavy (non-hydrogen) atoms. The molecule has 0 unspecified atom stereocenters. The maximum absolute atomic E-state index is 10.7. The zero-order valence-corrected chi connectivity index (χ0v) is 6.91. The predicted octanol–water partition coefficient (Wildman–Crippen LogP) is 1.19. The standard InChI is InChI=1S/C6H5ClN2O3/c1-4-2-8(10)3-5(7)6(4)9(11)12/h2-3H,1H3. The van der Waals surface area contributed by atoms with Gasteiger partial charge in [-0.15, -0.1) is 0 Å². The van der Waals surface area contributed by atoms with E-state index in [-0.39, 0.29) is 16.3 Å². The van der Waals surface area contributed by atoms with Gasteiger partial charge in [0, 0.05) is 0 Å². The molecule has 1 aromatic rings. The molecule has 0 bridgehead atoms. The molecular formula is C6H5ClN2O3. The molecule has 0 aliphatic rings. The minimum Gasteiger partial charge on any atom is -0.619 e. The molecule has 0 radical (unpaired) electrons. The monoisotopic (exact) mass is 188 g/mol. The number of rotatable bonds is 1. The number of halogens is 1. The van der Waals surface area contributed by atoms with Gasteiger partial charge in [0.15, 0.2) is 11.2 Å². The molecule has 0 saturated heterocycles. The van der Waals surface area contributed by atoms with Gasteiger partial charge in [0.1, 0.15) is 0 Å². The molecule has 0 aromatic carbocycles. The highest BCUT2D eigenvalue weighted by Crippen LogP contribution is 2.25. The third-order valence-electron chi connectivity index (χ3n) is 1.34. The lowest BCUT2D eigenvalue weighted by Gasteiger charge is -1.99. The molecule has 0 aliphatic carbocycles. The molecule has 1 aromatic heterocycles. The van der Waals surface area contributed by atoms with Crippen LogP contribution in [0.3, 0.4) is 0 Å². The summed E-state index contributed by atoms with van der Waals surface area (Å²) in [5.74, 6) is 0. The maximum Gasteiger partial charge on any atom is 0.302 e. The Kier molecular flexibility index (Phi) is 2.14. The number of nitrogens with zero attached hydrogens (tertiary/aromatic N) is 2. The first-order valence-corrected chi connectivity index (χ1v) is 3.43. The average Bonchev–Trinajstić information content (AvgIpc) is 1.82. The average molecular weight is 189 g/mol. The third kappa shape index (κ3) is 1.45. The van der Waals surface area contributed by atoms with Gasteiger partial charge >= 0.3 is 5.69 Å². The van der Waals surface area contributed by atoms with Crippen molar-refractivity contribution in [2.75, 3.05) is 0 Å². The number of aromatic nitrogens is 1. The number of pyridine rings is 1. The summed E-state index contributed by atoms with van der Waals surface area (Å²) in [5, 5.41) is 20.9. The molecule has 1 heterocycles. The van der Waals surface area contributed by atoms with Crippen LogP contribution in [0.5, 0.6) is 0 Å². The molecule has 1 rings (SSSR count). The number of hydrogen-bond donors (Lipinski definition) is 0. The Morgan fingerprint density at radius 1 is 1.58 bits per heavy atom. The Morgan fingerprint density at radius 3 is 2.58 bits per heavy atom. The molecule has 6 heteroatoms. The van der Waals surface area contributed by atoms with E-state index in [9.17, 15) is 15.3 Å². The summed E-state index contributed by atoms with van der Waals surface area (Å²) in [5.41, 5.74) is 0.0336. The summed E-state index contributed by atoms with van der Waals surface area (Å²) >= 11 is 5.47. The lowest BCUT2D eigenvalue weighted by molar-refractivity contribution is -0.606. The smallest absolute Gasteiger partial charge is 0.302 e. The van der Waals surface area contributed by atoms with Gasteiger partial charge in [0.05, 0.1) is 10.5 Å². The van der Waals surface area contributed by atoms with Crippen LogP contribution in [0.4, 0.5) is 5.69 Å². The fraction of sp³-hybridized carbons (Fsp3) is 0.167. The van der Waals surface area contributed by atoms with Crippen molar-refractivity contribution in [3.8, 4) is 0 Å². The quantitative estimate of drug-likeness (QED) is 0.288. The van der Waals surface area contributed by atoms with Crippen LogP contribution in [0.1, 0.15) is 5.56 Å². The predicted molar refractivity (Wildman–Crippen MR) is 41.8 cm³/mol. The largest absolute Gasteiger partial charge is 0.619 e. The van der Waals surface area contributed by atoms with E-state index < -0.39 is 4.92 Å². The Hall–Kier alpha value is -1.36. The second kappa shape index (κ2) is 2.94. The molecule has 64 valence electrons. The van der Waals surface area contributed by atoms with E-state index in [1.54, 1.807) is 0 Å². The molecule has 0 aliphatic heterocycles. The van der Waals surface area contributed by atoms with Crippen molar-refractivity contribution in [1.29, 1.82) is 0 Å². The van der Waals surface area contributed by atoms with Crippen molar-refractivity contribution >= 4 is 17.3 Å². The van der Waals surface area contributed by atoms with Gasteiger partial charge < -0.3 is 5.21 Å². The van der Waals surface area contributed by atoms with Crippen molar-refractivity contribution in [3.05, 3.63) is 38.3 Å². The zero-order valence-electron chi connectivity index (χ0n) is 6.15. The van der Waals surface area contributed by atoms with Crippen LogP contribution in [0, 0.1) is 22.2 Å². The Balaban J connectivity index is 3.38. The van der Waals surface area contributed by atoms with Gasteiger partial charge in [-0.05, 0) is 6.92 Å². The highest BCUT2D eigenvalue weighted by Gasteiger charge is 2.19. The Morgan fingerprint density at radius 2 is 2.17 bits per heavy atom. The molecule has 0 amide bonds. The van der Waals surface area contributed by atoms with E-state index in [1.165, 1.54) is 6.92 Å². The zero-order chi connectivity index (χ0) is 9.30. The van der Waals surface area contributed by atoms with E-state index in [4.69, 9.17) is 11.6 Å². The van der Waals surface area contributed by atoms with Crippen molar-refractivity contribution in [1.82, 2.24) is 0 Å². The van der Waals surface area contributed by atoms with Gasteiger partial charge in [0.25, 0.3) is 0 Å². The normalized spacial score (nSPS) is 9.83. The Bertz CT molecular complexity index is 317. The fourth-order valence-corrected chi connectivity index (χ4v) is 1.20. The summed E-state index contributed by atoms with van der Waals surface area (Å²) in [6.07, 6.45) is 2.05. The lowest BCUT2D eigenvalue weighted by Crippen LogP contribution is -2.25. The van der Waals surface area contributed by atoms with Crippen LogP contribution in [-0.2, 0) is 0 Å². The Labute approximate surface area is 72.9 Å². The van der Waals surface area contributed by atoms with Crippen molar-refractivity contribution < 1.29 is 9.65 Å². The van der Waals surface area contributed by atoms with Gasteiger partial charge in [-0.3, -0.25) is 10.1 Å².